The third kappa shape index (κ3) is 76.8. The van der Waals surface area contributed by atoms with Gasteiger partial charge in [-0.1, -0.05) is 26.7 Å². The van der Waals surface area contributed by atoms with Crippen molar-refractivity contribution in [3.63, 3.8) is 0 Å². The van der Waals surface area contributed by atoms with Gasteiger partial charge in [-0.25, -0.2) is 0 Å². The second kappa shape index (κ2) is 24.8. The second-order valence-corrected chi connectivity index (χ2v) is 7.70. The maximum Gasteiger partial charge on any atom is 3.00 e. The molecule has 0 fully saturated rings. The third-order valence-electron chi connectivity index (χ3n) is 1.31. The van der Waals surface area contributed by atoms with Crippen molar-refractivity contribution < 1.29 is 30.9 Å². The summed E-state index contributed by atoms with van der Waals surface area (Å²) in [6, 6.07) is 12.5. The molecule has 0 amide bonds. The zero-order chi connectivity index (χ0) is 15.6. The minimum absolute atomic E-state index is 0. The molecule has 20 heavy (non-hydrogen) atoms. The van der Waals surface area contributed by atoms with Gasteiger partial charge in [0, 0.05) is 0 Å². The Morgan fingerprint density at radius 2 is 1.30 bits per heavy atom. The molecule has 0 saturated heterocycles. The van der Waals surface area contributed by atoms with E-state index in [2.05, 4.69) is 57.8 Å². The van der Waals surface area contributed by atoms with Crippen molar-refractivity contribution in [2.24, 2.45) is 0 Å². The van der Waals surface area contributed by atoms with Crippen molar-refractivity contribution in [3.8, 4) is 0 Å². The van der Waals surface area contributed by atoms with Gasteiger partial charge in [0.15, 0.2) is 0 Å². The number of rotatable bonds is 2. The van der Waals surface area contributed by atoms with Crippen molar-refractivity contribution >= 4 is 29.7 Å². The Bertz CT molecular complexity index is 239. The molecule has 1 aromatic carbocycles. The summed E-state index contributed by atoms with van der Waals surface area (Å²) in [7, 11) is 0. The Labute approximate surface area is 150 Å². The molecule has 0 spiro atoms. The van der Waals surface area contributed by atoms with Crippen molar-refractivity contribution in [1.82, 2.24) is 0 Å². The zero-order valence-corrected chi connectivity index (χ0v) is 16.7. The summed E-state index contributed by atoms with van der Waals surface area (Å²) in [6.45, 7) is 11.4. The summed E-state index contributed by atoms with van der Waals surface area (Å²) in [5.74, 6) is 0. The van der Waals surface area contributed by atoms with Gasteiger partial charge in [0.1, 0.15) is 0 Å². The largest absolute Gasteiger partial charge is 3.00 e. The first-order valence-electron chi connectivity index (χ1n) is 6.06. The van der Waals surface area contributed by atoms with Crippen LogP contribution in [0.5, 0.6) is 0 Å². The van der Waals surface area contributed by atoms with Crippen LogP contribution in [0.1, 0.15) is 39.5 Å². The molecule has 0 heterocycles. The Hall–Kier alpha value is 0.828. The summed E-state index contributed by atoms with van der Waals surface area (Å²) >= 11 is 7.28. The van der Waals surface area contributed by atoms with Gasteiger partial charge in [-0.15, -0.1) is 0 Å². The Morgan fingerprint density at radius 1 is 1.05 bits per heavy atom. The number of hydrogen-bond donors (Lipinski definition) is 0. The molecule has 0 bridgehead atoms. The van der Waals surface area contributed by atoms with Crippen LogP contribution in [0.2, 0.25) is 0 Å². The van der Waals surface area contributed by atoms with Gasteiger partial charge < -0.3 is 41.6 Å². The number of benzene rings is 1. The van der Waals surface area contributed by atoms with E-state index >= 15 is 0 Å². The van der Waals surface area contributed by atoms with E-state index in [1.54, 1.807) is 0 Å². The summed E-state index contributed by atoms with van der Waals surface area (Å²) in [4.78, 5) is 18.6. The summed E-state index contributed by atoms with van der Waals surface area (Å²) in [6.07, 6.45) is 4.56. The van der Waals surface area contributed by atoms with E-state index in [0.717, 1.165) is 12.8 Å². The first kappa shape index (κ1) is 28.9. The minimum Gasteiger partial charge on any atom is -0.850 e. The van der Waals surface area contributed by atoms with Crippen LogP contribution in [-0.2, 0) is 45.1 Å². The summed E-state index contributed by atoms with van der Waals surface area (Å²) < 4.78 is 0. The molecule has 117 valence electrons. The molecule has 0 atom stereocenters. The Morgan fingerprint density at radius 3 is 1.35 bits per heavy atom. The Kier molecular flexibility index (Phi) is 35.9. The van der Waals surface area contributed by atoms with Gasteiger partial charge in [-0.3, -0.25) is 0 Å². The molecule has 2 nitrogen and oxygen atoms in total. The van der Waals surface area contributed by atoms with Crippen LogP contribution >= 0.6 is 5.69 Å². The standard InChI is InChI=1S/C6H5.2C4H9.Mo.H3O2PS2/c1-2-4-6-5-3-1;2*1-3-4-2;;1-3(2,4)5/h1-5H;2*1,3-4H2,2H3;;(H3,1,2,4,5)/q3*-1;+3;/p-3. The molecule has 0 aromatic heterocycles. The van der Waals surface area contributed by atoms with E-state index < -0.39 is 5.69 Å². The van der Waals surface area contributed by atoms with E-state index in [-0.39, 0.29) is 21.1 Å². The molecule has 1 rings (SSSR count). The monoisotopic (exact) mass is 416 g/mol. The molecule has 6 heteroatoms. The van der Waals surface area contributed by atoms with Crippen LogP contribution in [0, 0.1) is 19.9 Å². The fourth-order valence-electron chi connectivity index (χ4n) is 0.342. The van der Waals surface area contributed by atoms with Gasteiger partial charge in [0.05, 0.1) is 0 Å². The van der Waals surface area contributed by atoms with E-state index in [1.807, 2.05) is 30.3 Å². The Balaban J connectivity index is -0.0000000856. The summed E-state index contributed by atoms with van der Waals surface area (Å²) in [5.41, 5.74) is -3.72. The van der Waals surface area contributed by atoms with Gasteiger partial charge in [0.2, 0.25) is 0 Å². The quantitative estimate of drug-likeness (QED) is 0.323. The van der Waals surface area contributed by atoms with Crippen LogP contribution in [0.3, 0.4) is 0 Å². The molecule has 1 aromatic rings. The van der Waals surface area contributed by atoms with E-state index in [4.69, 9.17) is 0 Å². The first-order chi connectivity index (χ1) is 8.83. The SMILES string of the molecule is [CH2-]CCC.[CH2-]CCC.[Mo+3].[O-]P([O-])(=S)[S-].[c-]1ccccc1. The fraction of sp³-hybridized carbons (Fsp3) is 0.429. The molecule has 0 aliphatic rings. The zero-order valence-electron chi connectivity index (χ0n) is 12.1. The van der Waals surface area contributed by atoms with Gasteiger partial charge in [0.25, 0.3) is 0 Å². The van der Waals surface area contributed by atoms with Crippen molar-refractivity contribution in [2.75, 3.05) is 0 Å². The third-order valence-corrected chi connectivity index (χ3v) is 1.31. The number of unbranched alkanes of at least 4 members (excludes halogenated alkanes) is 2. The topological polar surface area (TPSA) is 46.1 Å². The maximum absolute atomic E-state index is 9.29. The van der Waals surface area contributed by atoms with Gasteiger partial charge in [-0.2, -0.15) is 61.0 Å². The van der Waals surface area contributed by atoms with E-state index in [0.29, 0.717) is 0 Å². The van der Waals surface area contributed by atoms with Crippen LogP contribution in [0.15, 0.2) is 30.3 Å². The second-order valence-electron chi connectivity index (χ2n) is 3.23. The van der Waals surface area contributed by atoms with Crippen molar-refractivity contribution in [3.05, 3.63) is 50.2 Å². The molecule has 1 radical (unpaired) electrons. The van der Waals surface area contributed by atoms with E-state index in [1.165, 1.54) is 12.8 Å². The predicted molar refractivity (Wildman–Crippen MR) is 87.5 cm³/mol. The van der Waals surface area contributed by atoms with Crippen LogP contribution in [-0.4, -0.2) is 0 Å². The van der Waals surface area contributed by atoms with Gasteiger partial charge >= 0.3 is 21.1 Å². The molecular weight excluding hydrogens is 391 g/mol. The maximum atomic E-state index is 9.29. The molecule has 0 aliphatic heterocycles. The molecule has 0 saturated carbocycles. The average molecular weight is 414 g/mol. The minimum atomic E-state index is -3.72. The first-order valence-corrected chi connectivity index (χ1v) is 9.71. The molecule has 0 N–H and O–H groups in total. The van der Waals surface area contributed by atoms with Crippen molar-refractivity contribution in [1.29, 1.82) is 0 Å². The predicted octanol–water partition coefficient (Wildman–Crippen LogP) is 3.20. The van der Waals surface area contributed by atoms with Crippen LogP contribution in [0.25, 0.3) is 0 Å². The smallest absolute Gasteiger partial charge is 0.850 e. The van der Waals surface area contributed by atoms with Crippen molar-refractivity contribution in [2.45, 2.75) is 39.5 Å². The van der Waals surface area contributed by atoms with E-state index in [9.17, 15) is 9.79 Å². The normalized spacial score (nSPS) is 8.35. The van der Waals surface area contributed by atoms with Crippen LogP contribution < -0.4 is 9.79 Å². The van der Waals surface area contributed by atoms with Crippen LogP contribution in [0.4, 0.5) is 0 Å². The molecule has 0 aliphatic carbocycles. The molecular formula is C14H23MoO2PS2-3. The summed E-state index contributed by atoms with van der Waals surface area (Å²) in [5, 5.41) is 0. The fourth-order valence-corrected chi connectivity index (χ4v) is 0.342. The molecule has 0 unspecified atom stereocenters. The van der Waals surface area contributed by atoms with Gasteiger partial charge in [-0.05, 0) is 0 Å². The number of hydrogen-bond acceptors (Lipinski definition) is 4. The average Bonchev–Trinajstić information content (AvgIpc) is 2.39.